The first-order valence-electron chi connectivity index (χ1n) is 5.35. The van der Waals surface area contributed by atoms with Gasteiger partial charge in [0.25, 0.3) is 0 Å². The van der Waals surface area contributed by atoms with Crippen molar-refractivity contribution < 1.29 is 12.9 Å². The van der Waals surface area contributed by atoms with Gasteiger partial charge in [0.1, 0.15) is 0 Å². The molecule has 3 N–H and O–H groups in total. The lowest BCUT2D eigenvalue weighted by Gasteiger charge is -2.06. The molecule has 6 nitrogen and oxygen atoms in total. The van der Waals surface area contributed by atoms with Crippen molar-refractivity contribution in [3.05, 3.63) is 40.2 Å². The fourth-order valence-corrected chi connectivity index (χ4v) is 2.71. The summed E-state index contributed by atoms with van der Waals surface area (Å²) in [5, 5.41) is 3.68. The number of benzene rings is 1. The number of hydrogen-bond acceptors (Lipinski definition) is 5. The Morgan fingerprint density at radius 3 is 2.74 bits per heavy atom. The summed E-state index contributed by atoms with van der Waals surface area (Å²) in [6.45, 7) is 1.80. The predicted molar refractivity (Wildman–Crippen MR) is 73.8 cm³/mol. The summed E-state index contributed by atoms with van der Waals surface area (Å²) in [6.07, 6.45) is 0. The van der Waals surface area contributed by atoms with Gasteiger partial charge in [-0.2, -0.15) is 0 Å². The van der Waals surface area contributed by atoms with E-state index in [4.69, 9.17) is 10.3 Å². The molecule has 2 rings (SSSR count). The number of nitrogens with one attached hydrogen (secondary N) is 1. The van der Waals surface area contributed by atoms with Gasteiger partial charge in [-0.25, -0.2) is 13.1 Å². The highest BCUT2D eigenvalue weighted by atomic mass is 79.9. The van der Waals surface area contributed by atoms with Crippen LogP contribution in [0.4, 0.5) is 5.69 Å². The molecule has 0 spiro atoms. The Morgan fingerprint density at radius 2 is 2.16 bits per heavy atom. The number of nitrogens with zero attached hydrogens (tertiary/aromatic N) is 1. The van der Waals surface area contributed by atoms with Gasteiger partial charge in [-0.3, -0.25) is 0 Å². The number of anilines is 1. The third-order valence-electron chi connectivity index (χ3n) is 2.39. The van der Waals surface area contributed by atoms with Crippen LogP contribution in [0.3, 0.4) is 0 Å². The molecule has 0 saturated carbocycles. The van der Waals surface area contributed by atoms with Gasteiger partial charge in [-0.05, 0) is 41.1 Å². The molecule has 0 radical (unpaired) electrons. The first-order chi connectivity index (χ1) is 8.88. The van der Waals surface area contributed by atoms with Crippen molar-refractivity contribution >= 4 is 31.6 Å². The summed E-state index contributed by atoms with van der Waals surface area (Å²) in [7, 11) is -3.63. The Kier molecular flexibility index (Phi) is 3.93. The van der Waals surface area contributed by atoms with E-state index in [9.17, 15) is 8.42 Å². The molecule has 0 aliphatic rings. The highest BCUT2D eigenvalue weighted by Crippen LogP contribution is 2.22. The predicted octanol–water partition coefficient (Wildman–Crippen LogP) is 1.81. The SMILES string of the molecule is Cc1cc(CNS(=O)(=O)c2ccc(Br)c(N)c2)on1. The summed E-state index contributed by atoms with van der Waals surface area (Å²) in [6, 6.07) is 6.10. The van der Waals surface area contributed by atoms with Crippen molar-refractivity contribution in [2.45, 2.75) is 18.4 Å². The molecule has 2 aromatic rings. The zero-order chi connectivity index (χ0) is 14.0. The minimum atomic E-state index is -3.63. The molecule has 0 atom stereocenters. The molecule has 0 unspecified atom stereocenters. The van der Waals surface area contributed by atoms with Gasteiger partial charge < -0.3 is 10.3 Å². The highest BCUT2D eigenvalue weighted by Gasteiger charge is 2.15. The maximum absolute atomic E-state index is 12.0. The largest absolute Gasteiger partial charge is 0.398 e. The van der Waals surface area contributed by atoms with Crippen LogP contribution in [0, 0.1) is 6.92 Å². The normalized spacial score (nSPS) is 11.7. The highest BCUT2D eigenvalue weighted by molar-refractivity contribution is 9.10. The topological polar surface area (TPSA) is 98.2 Å². The number of rotatable bonds is 4. The van der Waals surface area contributed by atoms with E-state index in [0.29, 0.717) is 21.6 Å². The Bertz CT molecular complexity index is 697. The number of halogens is 1. The Labute approximate surface area is 119 Å². The molecule has 0 fully saturated rings. The minimum absolute atomic E-state index is 0.0408. The lowest BCUT2D eigenvalue weighted by Crippen LogP contribution is -2.23. The van der Waals surface area contributed by atoms with Gasteiger partial charge in [0.15, 0.2) is 5.76 Å². The second kappa shape index (κ2) is 5.32. The third kappa shape index (κ3) is 3.34. The number of aromatic nitrogens is 1. The van der Waals surface area contributed by atoms with Gasteiger partial charge in [-0.15, -0.1) is 0 Å². The molecule has 102 valence electrons. The van der Waals surface area contributed by atoms with Crippen molar-refractivity contribution in [2.75, 3.05) is 5.73 Å². The van der Waals surface area contributed by atoms with Crippen LogP contribution in [0.15, 0.2) is 38.2 Å². The lowest BCUT2D eigenvalue weighted by atomic mass is 10.3. The zero-order valence-corrected chi connectivity index (χ0v) is 12.5. The maximum atomic E-state index is 12.0. The molecule has 0 aliphatic carbocycles. The quantitative estimate of drug-likeness (QED) is 0.823. The van der Waals surface area contributed by atoms with Gasteiger partial charge in [0.2, 0.25) is 10.0 Å². The summed E-state index contributed by atoms with van der Waals surface area (Å²) in [5.74, 6) is 0.450. The van der Waals surface area contributed by atoms with Gasteiger partial charge in [0, 0.05) is 16.2 Å². The zero-order valence-electron chi connectivity index (χ0n) is 10.1. The van der Waals surface area contributed by atoms with Crippen LogP contribution in [0.1, 0.15) is 11.5 Å². The molecule has 19 heavy (non-hydrogen) atoms. The van der Waals surface area contributed by atoms with E-state index in [2.05, 4.69) is 25.8 Å². The van der Waals surface area contributed by atoms with E-state index in [1.54, 1.807) is 19.1 Å². The number of nitrogen functional groups attached to an aromatic ring is 1. The van der Waals surface area contributed by atoms with Crippen molar-refractivity contribution in [1.29, 1.82) is 0 Å². The lowest BCUT2D eigenvalue weighted by molar-refractivity contribution is 0.377. The fraction of sp³-hybridized carbons (Fsp3) is 0.182. The average Bonchev–Trinajstić information content (AvgIpc) is 2.76. The molecule has 1 aromatic carbocycles. The molecule has 0 aliphatic heterocycles. The van der Waals surface area contributed by atoms with Crippen molar-refractivity contribution in [2.24, 2.45) is 0 Å². The van der Waals surface area contributed by atoms with Crippen molar-refractivity contribution in [3.8, 4) is 0 Å². The monoisotopic (exact) mass is 345 g/mol. The van der Waals surface area contributed by atoms with Gasteiger partial charge in [0.05, 0.1) is 17.1 Å². The second-order valence-electron chi connectivity index (χ2n) is 3.94. The van der Waals surface area contributed by atoms with Crippen LogP contribution in [-0.4, -0.2) is 13.6 Å². The number of nitrogens with two attached hydrogens (primary N) is 1. The molecular formula is C11H12BrN3O3S. The standard InChI is InChI=1S/C11H12BrN3O3S/c1-7-4-8(18-15-7)6-14-19(16,17)9-2-3-10(12)11(13)5-9/h2-5,14H,6,13H2,1H3. The Morgan fingerprint density at radius 1 is 1.42 bits per heavy atom. The third-order valence-corrected chi connectivity index (χ3v) is 4.51. The molecule has 0 bridgehead atoms. The van der Waals surface area contributed by atoms with Crippen LogP contribution in [0.5, 0.6) is 0 Å². The number of hydrogen-bond donors (Lipinski definition) is 2. The average molecular weight is 346 g/mol. The van der Waals surface area contributed by atoms with Crippen molar-refractivity contribution in [3.63, 3.8) is 0 Å². The van der Waals surface area contributed by atoms with Crippen LogP contribution >= 0.6 is 15.9 Å². The van der Waals surface area contributed by atoms with E-state index in [-0.39, 0.29) is 11.4 Å². The number of aryl methyl sites for hydroxylation is 1. The molecule has 0 amide bonds. The smallest absolute Gasteiger partial charge is 0.241 e. The summed E-state index contributed by atoms with van der Waals surface area (Å²) in [4.78, 5) is 0.101. The summed E-state index contributed by atoms with van der Waals surface area (Å²) in [5.41, 5.74) is 6.72. The van der Waals surface area contributed by atoms with E-state index in [1.807, 2.05) is 0 Å². The second-order valence-corrected chi connectivity index (χ2v) is 6.56. The molecule has 0 saturated heterocycles. The van der Waals surface area contributed by atoms with Crippen LogP contribution < -0.4 is 10.5 Å². The van der Waals surface area contributed by atoms with Crippen LogP contribution in [0.2, 0.25) is 0 Å². The molecule has 1 aromatic heterocycles. The first kappa shape index (κ1) is 14.0. The van der Waals surface area contributed by atoms with E-state index in [0.717, 1.165) is 0 Å². The summed E-state index contributed by atoms with van der Waals surface area (Å²) < 4.78 is 32.1. The summed E-state index contributed by atoms with van der Waals surface area (Å²) >= 11 is 3.21. The maximum Gasteiger partial charge on any atom is 0.241 e. The van der Waals surface area contributed by atoms with E-state index < -0.39 is 10.0 Å². The minimum Gasteiger partial charge on any atom is -0.398 e. The van der Waals surface area contributed by atoms with Gasteiger partial charge >= 0.3 is 0 Å². The van der Waals surface area contributed by atoms with E-state index >= 15 is 0 Å². The Balaban J connectivity index is 2.16. The molecular weight excluding hydrogens is 334 g/mol. The number of sulfonamides is 1. The first-order valence-corrected chi connectivity index (χ1v) is 7.63. The van der Waals surface area contributed by atoms with Crippen molar-refractivity contribution in [1.82, 2.24) is 9.88 Å². The van der Waals surface area contributed by atoms with Crippen LogP contribution in [0.25, 0.3) is 0 Å². The fourth-order valence-electron chi connectivity index (χ4n) is 1.44. The molecule has 8 heteroatoms. The van der Waals surface area contributed by atoms with Gasteiger partial charge in [-0.1, -0.05) is 5.16 Å². The van der Waals surface area contributed by atoms with E-state index in [1.165, 1.54) is 12.1 Å². The Hall–Kier alpha value is -1.38. The van der Waals surface area contributed by atoms with Crippen LogP contribution in [-0.2, 0) is 16.6 Å². The molecule has 1 heterocycles.